The standard InChI is InChI=1S/C12H19N3O5S/c1-11(2,10(17)18)15-7-8(6-13-15)14-9(16)12(3,4)21(5,19)20/h6-7H,1-5H3,(H,14,16)(H,17,18). The molecule has 1 rings (SSSR count). The maximum Gasteiger partial charge on any atom is 0.331 e. The van der Waals surface area contributed by atoms with Crippen molar-refractivity contribution >= 4 is 27.4 Å². The molecule has 0 aliphatic heterocycles. The van der Waals surface area contributed by atoms with Gasteiger partial charge in [-0.15, -0.1) is 0 Å². The Labute approximate surface area is 123 Å². The van der Waals surface area contributed by atoms with Gasteiger partial charge in [-0.05, 0) is 27.7 Å². The van der Waals surface area contributed by atoms with E-state index in [1.54, 1.807) is 0 Å². The number of anilines is 1. The molecule has 0 spiro atoms. The second-order valence-corrected chi connectivity index (χ2v) is 8.34. The highest BCUT2D eigenvalue weighted by molar-refractivity contribution is 7.92. The van der Waals surface area contributed by atoms with Gasteiger partial charge >= 0.3 is 5.97 Å². The zero-order valence-corrected chi connectivity index (χ0v) is 13.4. The molecule has 2 N–H and O–H groups in total. The van der Waals surface area contributed by atoms with Gasteiger partial charge in [-0.3, -0.25) is 9.48 Å². The van der Waals surface area contributed by atoms with Gasteiger partial charge in [-0.2, -0.15) is 5.10 Å². The first-order valence-electron chi connectivity index (χ1n) is 6.09. The fourth-order valence-corrected chi connectivity index (χ4v) is 1.63. The van der Waals surface area contributed by atoms with Crippen molar-refractivity contribution in [3.8, 4) is 0 Å². The van der Waals surface area contributed by atoms with E-state index in [0.717, 1.165) is 6.26 Å². The van der Waals surface area contributed by atoms with Gasteiger partial charge in [0.05, 0.1) is 11.9 Å². The number of aromatic nitrogens is 2. The number of nitrogens with one attached hydrogen (secondary N) is 1. The summed E-state index contributed by atoms with van der Waals surface area (Å²) in [6.07, 6.45) is 3.58. The number of carboxylic acids is 1. The highest BCUT2D eigenvalue weighted by Gasteiger charge is 2.39. The smallest absolute Gasteiger partial charge is 0.331 e. The lowest BCUT2D eigenvalue weighted by atomic mass is 10.1. The van der Waals surface area contributed by atoms with Crippen molar-refractivity contribution in [1.29, 1.82) is 0 Å². The van der Waals surface area contributed by atoms with E-state index in [4.69, 9.17) is 5.11 Å². The molecule has 1 amide bonds. The Hall–Kier alpha value is -1.90. The highest BCUT2D eigenvalue weighted by Crippen LogP contribution is 2.20. The van der Waals surface area contributed by atoms with Crippen LogP contribution in [0.5, 0.6) is 0 Å². The minimum absolute atomic E-state index is 0.228. The molecule has 118 valence electrons. The molecule has 0 aromatic carbocycles. The Bertz CT molecular complexity index is 673. The van der Waals surface area contributed by atoms with Gasteiger partial charge in [0.2, 0.25) is 5.91 Å². The lowest BCUT2D eigenvalue weighted by molar-refractivity contribution is -0.146. The maximum absolute atomic E-state index is 12.0. The van der Waals surface area contributed by atoms with Crippen LogP contribution in [0, 0.1) is 0 Å². The van der Waals surface area contributed by atoms with Gasteiger partial charge in [0, 0.05) is 12.5 Å². The third kappa shape index (κ3) is 3.23. The first kappa shape index (κ1) is 17.2. The molecule has 1 aromatic heterocycles. The number of rotatable bonds is 5. The summed E-state index contributed by atoms with van der Waals surface area (Å²) in [5, 5.41) is 15.4. The summed E-state index contributed by atoms with van der Waals surface area (Å²) >= 11 is 0. The van der Waals surface area contributed by atoms with Gasteiger partial charge in [0.1, 0.15) is 4.75 Å². The van der Waals surface area contributed by atoms with Gasteiger partial charge in [-0.1, -0.05) is 0 Å². The minimum Gasteiger partial charge on any atom is -0.479 e. The largest absolute Gasteiger partial charge is 0.479 e. The maximum atomic E-state index is 12.0. The van der Waals surface area contributed by atoms with Crippen molar-refractivity contribution in [3.63, 3.8) is 0 Å². The summed E-state index contributed by atoms with van der Waals surface area (Å²) in [4.78, 5) is 23.1. The lowest BCUT2D eigenvalue weighted by Gasteiger charge is -2.21. The first-order chi connectivity index (χ1) is 9.30. The molecule has 0 fully saturated rings. The number of carbonyl (C=O) groups excluding carboxylic acids is 1. The number of carbonyl (C=O) groups is 2. The Morgan fingerprint density at radius 3 is 2.24 bits per heavy atom. The number of aliphatic carboxylic acids is 1. The van der Waals surface area contributed by atoms with E-state index in [1.165, 1.54) is 44.8 Å². The normalized spacial score (nSPS) is 13.0. The SMILES string of the molecule is CC(C)(C(=O)O)n1cc(NC(=O)C(C)(C)S(C)(=O)=O)cn1. The van der Waals surface area contributed by atoms with E-state index in [9.17, 15) is 18.0 Å². The van der Waals surface area contributed by atoms with Gasteiger partial charge in [0.15, 0.2) is 15.4 Å². The molecule has 0 radical (unpaired) electrons. The van der Waals surface area contributed by atoms with Crippen LogP contribution in [0.4, 0.5) is 5.69 Å². The molecular formula is C12H19N3O5S. The predicted molar refractivity (Wildman–Crippen MR) is 76.7 cm³/mol. The van der Waals surface area contributed by atoms with E-state index in [-0.39, 0.29) is 5.69 Å². The van der Waals surface area contributed by atoms with Crippen LogP contribution in [0.15, 0.2) is 12.4 Å². The molecule has 0 saturated heterocycles. The second kappa shape index (κ2) is 5.14. The minimum atomic E-state index is -3.59. The lowest BCUT2D eigenvalue weighted by Crippen LogP contribution is -2.43. The molecule has 0 bridgehead atoms. The summed E-state index contributed by atoms with van der Waals surface area (Å²) in [5.74, 6) is -1.79. The molecule has 9 heteroatoms. The summed E-state index contributed by atoms with van der Waals surface area (Å²) in [5.41, 5.74) is -1.05. The van der Waals surface area contributed by atoms with E-state index < -0.39 is 32.0 Å². The van der Waals surface area contributed by atoms with Crippen molar-refractivity contribution in [1.82, 2.24) is 9.78 Å². The molecule has 0 aliphatic carbocycles. The van der Waals surface area contributed by atoms with Crippen molar-refractivity contribution in [3.05, 3.63) is 12.4 Å². The fraction of sp³-hybridized carbons (Fsp3) is 0.583. The second-order valence-electron chi connectivity index (χ2n) is 5.77. The van der Waals surface area contributed by atoms with E-state index in [1.807, 2.05) is 0 Å². The summed E-state index contributed by atoms with van der Waals surface area (Å²) < 4.78 is 22.7. The average molecular weight is 317 g/mol. The van der Waals surface area contributed by atoms with Crippen molar-refractivity contribution < 1.29 is 23.1 Å². The molecule has 0 saturated carbocycles. The number of nitrogens with zero attached hydrogens (tertiary/aromatic N) is 2. The molecule has 1 aromatic rings. The molecular weight excluding hydrogens is 298 g/mol. The number of sulfone groups is 1. The third-order valence-electron chi connectivity index (χ3n) is 3.41. The van der Waals surface area contributed by atoms with Crippen LogP contribution in [0.3, 0.4) is 0 Å². The Kier molecular flexibility index (Phi) is 4.20. The Morgan fingerprint density at radius 1 is 1.29 bits per heavy atom. The molecule has 0 aliphatic rings. The monoisotopic (exact) mass is 317 g/mol. The molecule has 8 nitrogen and oxygen atoms in total. The first-order valence-corrected chi connectivity index (χ1v) is 7.99. The van der Waals surface area contributed by atoms with Crippen LogP contribution in [0.25, 0.3) is 0 Å². The zero-order chi connectivity index (χ0) is 16.6. The van der Waals surface area contributed by atoms with Crippen LogP contribution in [-0.4, -0.2) is 46.2 Å². The van der Waals surface area contributed by atoms with Gasteiger partial charge < -0.3 is 10.4 Å². The highest BCUT2D eigenvalue weighted by atomic mass is 32.2. The molecule has 0 unspecified atom stereocenters. The van der Waals surface area contributed by atoms with Crippen LogP contribution in [-0.2, 0) is 25.0 Å². The van der Waals surface area contributed by atoms with Crippen molar-refractivity contribution in [2.75, 3.05) is 11.6 Å². The molecule has 21 heavy (non-hydrogen) atoms. The van der Waals surface area contributed by atoms with Crippen LogP contribution >= 0.6 is 0 Å². The Morgan fingerprint density at radius 2 is 1.81 bits per heavy atom. The quantitative estimate of drug-likeness (QED) is 0.814. The molecule has 1 heterocycles. The van der Waals surface area contributed by atoms with Gasteiger partial charge in [0.25, 0.3) is 0 Å². The Balaban J connectivity index is 3.00. The number of carboxylic acid groups (broad SMARTS) is 1. The number of hydrogen-bond donors (Lipinski definition) is 2. The third-order valence-corrected chi connectivity index (χ3v) is 5.45. The fourth-order valence-electron chi connectivity index (χ4n) is 1.24. The zero-order valence-electron chi connectivity index (χ0n) is 12.5. The van der Waals surface area contributed by atoms with Crippen LogP contribution < -0.4 is 5.32 Å². The number of hydrogen-bond acceptors (Lipinski definition) is 5. The van der Waals surface area contributed by atoms with Gasteiger partial charge in [-0.25, -0.2) is 13.2 Å². The van der Waals surface area contributed by atoms with E-state index >= 15 is 0 Å². The summed E-state index contributed by atoms with van der Waals surface area (Å²) in [6.45, 7) is 5.50. The predicted octanol–water partition coefficient (Wildman–Crippen LogP) is 0.465. The van der Waals surface area contributed by atoms with Crippen molar-refractivity contribution in [2.45, 2.75) is 38.0 Å². The van der Waals surface area contributed by atoms with Crippen LogP contribution in [0.2, 0.25) is 0 Å². The summed E-state index contributed by atoms with van der Waals surface area (Å²) in [6, 6.07) is 0. The summed E-state index contributed by atoms with van der Waals surface area (Å²) in [7, 11) is -3.59. The van der Waals surface area contributed by atoms with E-state index in [0.29, 0.717) is 0 Å². The van der Waals surface area contributed by atoms with Crippen molar-refractivity contribution in [2.24, 2.45) is 0 Å². The topological polar surface area (TPSA) is 118 Å². The molecule has 0 atom stereocenters. The van der Waals surface area contributed by atoms with E-state index in [2.05, 4.69) is 10.4 Å². The van der Waals surface area contributed by atoms with Crippen LogP contribution in [0.1, 0.15) is 27.7 Å². The number of amides is 1. The average Bonchev–Trinajstić information content (AvgIpc) is 2.76.